The number of hydrogen-bond acceptors (Lipinski definition) is 4. The first kappa shape index (κ1) is 29.1. The van der Waals surface area contributed by atoms with Crippen LogP contribution in [0.1, 0.15) is 38.3 Å². The van der Waals surface area contributed by atoms with E-state index in [1.807, 2.05) is 78.9 Å². The molecule has 0 aliphatic rings. The van der Waals surface area contributed by atoms with Crippen molar-refractivity contribution in [1.82, 2.24) is 10.2 Å². The standard InChI is InChI=1S/C36H32N2O5/c1-43-28-19-17-25(18-20-28)24-38(22-21-34(39)40)36(42)33-16-7-5-14-31(33)30-13-4-6-15-32(30)35(41)37-23-27-11-8-10-26-9-2-3-12-29(26)27/h2-20H,21-24H2,1H3,(H,37,41)(H,39,40). The van der Waals surface area contributed by atoms with E-state index in [9.17, 15) is 19.5 Å². The number of ether oxygens (including phenoxy) is 1. The van der Waals surface area contributed by atoms with Crippen LogP contribution in [0.25, 0.3) is 21.9 Å². The number of carbonyl (C=O) groups is 3. The third kappa shape index (κ3) is 6.90. The summed E-state index contributed by atoms with van der Waals surface area (Å²) >= 11 is 0. The number of carboxylic acid groups (broad SMARTS) is 1. The summed E-state index contributed by atoms with van der Waals surface area (Å²) < 4.78 is 5.24. The molecule has 216 valence electrons. The Hall–Kier alpha value is -5.43. The van der Waals surface area contributed by atoms with Crippen molar-refractivity contribution in [1.29, 1.82) is 0 Å². The van der Waals surface area contributed by atoms with Crippen LogP contribution < -0.4 is 10.1 Å². The summed E-state index contributed by atoms with van der Waals surface area (Å²) in [7, 11) is 1.58. The minimum absolute atomic E-state index is 0.0295. The minimum atomic E-state index is -0.992. The molecule has 0 unspecified atom stereocenters. The Morgan fingerprint density at radius 1 is 0.744 bits per heavy atom. The van der Waals surface area contributed by atoms with Crippen molar-refractivity contribution in [2.75, 3.05) is 13.7 Å². The number of benzene rings is 5. The van der Waals surface area contributed by atoms with Gasteiger partial charge in [0.25, 0.3) is 11.8 Å². The highest BCUT2D eigenvalue weighted by Gasteiger charge is 2.23. The second kappa shape index (κ2) is 13.5. The normalized spacial score (nSPS) is 10.7. The van der Waals surface area contributed by atoms with Gasteiger partial charge in [-0.15, -0.1) is 0 Å². The molecule has 0 saturated heterocycles. The Labute approximate surface area is 250 Å². The Bertz CT molecular complexity index is 1760. The van der Waals surface area contributed by atoms with Crippen molar-refractivity contribution in [3.8, 4) is 16.9 Å². The van der Waals surface area contributed by atoms with Crippen molar-refractivity contribution in [2.24, 2.45) is 0 Å². The minimum Gasteiger partial charge on any atom is -0.497 e. The molecule has 0 spiro atoms. The van der Waals surface area contributed by atoms with E-state index >= 15 is 0 Å². The Kier molecular flexibility index (Phi) is 9.12. The lowest BCUT2D eigenvalue weighted by molar-refractivity contribution is -0.137. The van der Waals surface area contributed by atoms with Gasteiger partial charge in [0, 0.05) is 30.8 Å². The lowest BCUT2D eigenvalue weighted by Gasteiger charge is -2.24. The van der Waals surface area contributed by atoms with Crippen LogP contribution in [-0.2, 0) is 17.9 Å². The van der Waals surface area contributed by atoms with Crippen LogP contribution in [0.2, 0.25) is 0 Å². The number of nitrogens with one attached hydrogen (secondary N) is 1. The van der Waals surface area contributed by atoms with Gasteiger partial charge in [0.2, 0.25) is 0 Å². The molecule has 0 aliphatic carbocycles. The fraction of sp³-hybridized carbons (Fsp3) is 0.139. The second-order valence-electron chi connectivity index (χ2n) is 10.1. The lowest BCUT2D eigenvalue weighted by atomic mass is 9.94. The number of carbonyl (C=O) groups excluding carboxylic acids is 2. The van der Waals surface area contributed by atoms with Crippen LogP contribution in [-0.4, -0.2) is 41.4 Å². The van der Waals surface area contributed by atoms with Crippen molar-refractivity contribution in [2.45, 2.75) is 19.5 Å². The van der Waals surface area contributed by atoms with Crippen molar-refractivity contribution >= 4 is 28.6 Å². The summed E-state index contributed by atoms with van der Waals surface area (Å²) in [6.45, 7) is 0.596. The summed E-state index contributed by atoms with van der Waals surface area (Å²) in [6.07, 6.45) is -0.197. The van der Waals surface area contributed by atoms with Crippen LogP contribution in [0.3, 0.4) is 0 Å². The van der Waals surface area contributed by atoms with Gasteiger partial charge >= 0.3 is 5.97 Å². The van der Waals surface area contributed by atoms with E-state index in [0.717, 1.165) is 21.9 Å². The number of aliphatic carboxylic acids is 1. The molecule has 0 bridgehead atoms. The van der Waals surface area contributed by atoms with Gasteiger partial charge in [-0.1, -0.05) is 91.0 Å². The maximum atomic E-state index is 14.0. The number of hydrogen-bond donors (Lipinski definition) is 2. The molecule has 0 radical (unpaired) electrons. The van der Waals surface area contributed by atoms with Crippen molar-refractivity contribution < 1.29 is 24.2 Å². The van der Waals surface area contributed by atoms with Gasteiger partial charge in [0.15, 0.2) is 0 Å². The Balaban J connectivity index is 1.43. The van der Waals surface area contributed by atoms with Gasteiger partial charge in [-0.05, 0) is 57.3 Å². The zero-order chi connectivity index (χ0) is 30.2. The average molecular weight is 573 g/mol. The van der Waals surface area contributed by atoms with Crippen molar-refractivity contribution in [3.63, 3.8) is 0 Å². The summed E-state index contributed by atoms with van der Waals surface area (Å²) in [4.78, 5) is 40.5. The molecule has 0 saturated carbocycles. The van der Waals surface area contributed by atoms with E-state index in [2.05, 4.69) is 5.32 Å². The fourth-order valence-electron chi connectivity index (χ4n) is 5.14. The Morgan fingerprint density at radius 3 is 2.09 bits per heavy atom. The third-order valence-corrected chi connectivity index (χ3v) is 7.35. The molecular formula is C36H32N2O5. The molecule has 0 atom stereocenters. The zero-order valence-electron chi connectivity index (χ0n) is 23.8. The first-order valence-electron chi connectivity index (χ1n) is 14.0. The number of methoxy groups -OCH3 is 1. The molecule has 7 heteroatoms. The molecule has 5 aromatic rings. The molecule has 2 N–H and O–H groups in total. The molecule has 0 heterocycles. The van der Waals surface area contributed by atoms with E-state index in [4.69, 9.17) is 4.74 Å². The molecule has 5 aromatic carbocycles. The molecule has 2 amide bonds. The molecule has 7 nitrogen and oxygen atoms in total. The number of carboxylic acids is 1. The molecule has 0 fully saturated rings. The number of amides is 2. The van der Waals surface area contributed by atoms with E-state index < -0.39 is 5.97 Å². The number of fused-ring (bicyclic) bond motifs is 1. The van der Waals surface area contributed by atoms with Crippen LogP contribution in [0.15, 0.2) is 115 Å². The van der Waals surface area contributed by atoms with E-state index in [1.54, 1.807) is 43.5 Å². The van der Waals surface area contributed by atoms with Crippen molar-refractivity contribution in [3.05, 3.63) is 138 Å². The highest BCUT2D eigenvalue weighted by atomic mass is 16.5. The summed E-state index contributed by atoms with van der Waals surface area (Å²) in [6, 6.07) is 35.7. The summed E-state index contributed by atoms with van der Waals surface area (Å²) in [5.74, 6) is -0.882. The lowest BCUT2D eigenvalue weighted by Crippen LogP contribution is -2.33. The third-order valence-electron chi connectivity index (χ3n) is 7.35. The zero-order valence-corrected chi connectivity index (χ0v) is 23.8. The predicted octanol–water partition coefficient (Wildman–Crippen LogP) is 6.56. The maximum absolute atomic E-state index is 14.0. The summed E-state index contributed by atoms with van der Waals surface area (Å²) in [5, 5.41) is 14.6. The number of nitrogens with zero attached hydrogens (tertiary/aromatic N) is 1. The molecule has 43 heavy (non-hydrogen) atoms. The largest absolute Gasteiger partial charge is 0.497 e. The fourth-order valence-corrected chi connectivity index (χ4v) is 5.14. The van der Waals surface area contributed by atoms with Crippen LogP contribution in [0.5, 0.6) is 5.75 Å². The molecule has 5 rings (SSSR count). The topological polar surface area (TPSA) is 95.9 Å². The molecular weight excluding hydrogens is 540 g/mol. The van der Waals surface area contributed by atoms with Gasteiger partial charge in [-0.2, -0.15) is 0 Å². The van der Waals surface area contributed by atoms with Gasteiger partial charge in [0.1, 0.15) is 5.75 Å². The smallest absolute Gasteiger partial charge is 0.305 e. The first-order chi connectivity index (χ1) is 20.9. The number of rotatable bonds is 11. The van der Waals surface area contributed by atoms with Gasteiger partial charge in [-0.3, -0.25) is 14.4 Å². The quantitative estimate of drug-likeness (QED) is 0.187. The molecule has 0 aliphatic heterocycles. The van der Waals surface area contributed by atoms with E-state index in [-0.39, 0.29) is 31.3 Å². The Morgan fingerprint density at radius 2 is 1.37 bits per heavy atom. The maximum Gasteiger partial charge on any atom is 0.305 e. The van der Waals surface area contributed by atoms with Gasteiger partial charge in [-0.25, -0.2) is 0 Å². The van der Waals surface area contributed by atoms with Crippen LogP contribution in [0, 0.1) is 0 Å². The SMILES string of the molecule is COc1ccc(CN(CCC(=O)O)C(=O)c2ccccc2-c2ccccc2C(=O)NCc2cccc3ccccc23)cc1. The predicted molar refractivity (Wildman–Crippen MR) is 167 cm³/mol. The monoisotopic (exact) mass is 572 g/mol. The van der Waals surface area contributed by atoms with E-state index in [0.29, 0.717) is 34.5 Å². The van der Waals surface area contributed by atoms with E-state index in [1.165, 1.54) is 4.90 Å². The highest BCUT2D eigenvalue weighted by Crippen LogP contribution is 2.29. The molecule has 0 aromatic heterocycles. The first-order valence-corrected chi connectivity index (χ1v) is 14.0. The average Bonchev–Trinajstić information content (AvgIpc) is 3.05. The highest BCUT2D eigenvalue weighted by molar-refractivity contribution is 6.06. The summed E-state index contributed by atoms with van der Waals surface area (Å²) in [5.41, 5.74) is 3.88. The van der Waals surface area contributed by atoms with Crippen LogP contribution >= 0.6 is 0 Å². The van der Waals surface area contributed by atoms with Gasteiger partial charge in [0.05, 0.1) is 13.5 Å². The second-order valence-corrected chi connectivity index (χ2v) is 10.1. The van der Waals surface area contributed by atoms with Gasteiger partial charge < -0.3 is 20.1 Å². The van der Waals surface area contributed by atoms with Crippen LogP contribution in [0.4, 0.5) is 0 Å².